The van der Waals surface area contributed by atoms with E-state index in [0.717, 1.165) is 5.56 Å². The van der Waals surface area contributed by atoms with E-state index in [1.54, 1.807) is 66.7 Å². The lowest BCUT2D eigenvalue weighted by Gasteiger charge is -2.12. The van der Waals surface area contributed by atoms with E-state index in [1.165, 1.54) is 12.3 Å². The van der Waals surface area contributed by atoms with Crippen LogP contribution >= 0.6 is 0 Å². The number of hydrazine groups is 1. The molecule has 0 unspecified atom stereocenters. The van der Waals surface area contributed by atoms with Gasteiger partial charge in [0.25, 0.3) is 11.8 Å². The Balaban J connectivity index is 1.43. The summed E-state index contributed by atoms with van der Waals surface area (Å²) in [7, 11) is 0. The summed E-state index contributed by atoms with van der Waals surface area (Å²) in [5.41, 5.74) is 8.16. The molecule has 3 aromatic carbocycles. The van der Waals surface area contributed by atoms with Gasteiger partial charge < -0.3 is 15.3 Å². The molecule has 3 aromatic rings. The van der Waals surface area contributed by atoms with Crippen LogP contribution in [0.15, 0.2) is 90.6 Å². The number of rotatable bonds is 9. The Kier molecular flexibility index (Phi) is 7.58. The zero-order valence-electron chi connectivity index (χ0n) is 17.1. The van der Waals surface area contributed by atoms with Crippen molar-refractivity contribution in [1.29, 1.82) is 0 Å². The number of nitrogens with one attached hydrogen (secondary N) is 3. The summed E-state index contributed by atoms with van der Waals surface area (Å²) in [6.07, 6.45) is 1.33. The molecule has 162 valence electrons. The van der Waals surface area contributed by atoms with Gasteiger partial charge >= 0.3 is 0 Å². The van der Waals surface area contributed by atoms with Gasteiger partial charge in [0.1, 0.15) is 5.75 Å². The first-order valence-corrected chi connectivity index (χ1v) is 9.67. The molecule has 0 bridgehead atoms. The fourth-order valence-corrected chi connectivity index (χ4v) is 2.60. The van der Waals surface area contributed by atoms with Gasteiger partial charge in [-0.3, -0.25) is 20.4 Å². The number of phenolic OH excluding ortho intramolecular Hbond substituents is 1. The van der Waals surface area contributed by atoms with Crippen molar-refractivity contribution >= 4 is 29.4 Å². The van der Waals surface area contributed by atoms with Gasteiger partial charge in [0, 0.05) is 16.8 Å². The summed E-state index contributed by atoms with van der Waals surface area (Å²) in [6, 6.07) is 22.3. The first-order chi connectivity index (χ1) is 15.5. The average Bonchev–Trinajstić information content (AvgIpc) is 2.82. The number of hydrogen-bond donors (Lipinski definition) is 4. The Morgan fingerprint density at radius 3 is 2.31 bits per heavy atom. The quantitative estimate of drug-likeness (QED) is 0.307. The maximum atomic E-state index is 12.1. The van der Waals surface area contributed by atoms with Crippen molar-refractivity contribution in [3.8, 4) is 5.75 Å². The fraction of sp³-hybridized carbons (Fsp3) is 0.0417. The normalized spacial score (nSPS) is 10.4. The number of para-hydroxylation sites is 1. The summed E-state index contributed by atoms with van der Waals surface area (Å²) < 4.78 is 0. The molecule has 3 rings (SSSR count). The Hall–Kier alpha value is -4.59. The van der Waals surface area contributed by atoms with Crippen molar-refractivity contribution in [3.63, 3.8) is 0 Å². The third-order valence-corrected chi connectivity index (χ3v) is 4.28. The molecule has 0 fully saturated rings. The summed E-state index contributed by atoms with van der Waals surface area (Å²) in [5.74, 6) is -0.597. The van der Waals surface area contributed by atoms with Crippen LogP contribution in [0, 0.1) is 0 Å². The van der Waals surface area contributed by atoms with Crippen LogP contribution in [0.5, 0.6) is 5.75 Å². The van der Waals surface area contributed by atoms with Crippen LogP contribution in [0.25, 0.3) is 5.70 Å². The molecule has 32 heavy (non-hydrogen) atoms. The lowest BCUT2D eigenvalue weighted by Crippen LogP contribution is -2.35. The number of anilines is 1. The molecular formula is C24H22N4O4. The molecule has 0 aliphatic rings. The van der Waals surface area contributed by atoms with E-state index in [2.05, 4.69) is 27.9 Å². The van der Waals surface area contributed by atoms with Crippen LogP contribution < -0.4 is 16.2 Å². The molecule has 4 N–H and O–H groups in total. The van der Waals surface area contributed by atoms with E-state index < -0.39 is 0 Å². The highest BCUT2D eigenvalue weighted by Gasteiger charge is 2.06. The van der Waals surface area contributed by atoms with Crippen molar-refractivity contribution in [2.45, 2.75) is 0 Å². The molecule has 0 aliphatic carbocycles. The van der Waals surface area contributed by atoms with E-state index in [-0.39, 0.29) is 24.2 Å². The van der Waals surface area contributed by atoms with Gasteiger partial charge in [0.05, 0.1) is 11.9 Å². The Bertz CT molecular complexity index is 1110. The smallest absolute Gasteiger partial charge is 0.269 e. The second-order valence-electron chi connectivity index (χ2n) is 6.62. The maximum absolute atomic E-state index is 12.1. The van der Waals surface area contributed by atoms with Crippen molar-refractivity contribution in [2.75, 3.05) is 11.9 Å². The maximum Gasteiger partial charge on any atom is 0.269 e. The third-order valence-electron chi connectivity index (χ3n) is 4.28. The van der Waals surface area contributed by atoms with Crippen molar-refractivity contribution in [2.24, 2.45) is 5.16 Å². The van der Waals surface area contributed by atoms with Gasteiger partial charge in [-0.05, 0) is 42.0 Å². The molecule has 2 amide bonds. The largest absolute Gasteiger partial charge is 0.507 e. The van der Waals surface area contributed by atoms with Crippen LogP contribution in [0.3, 0.4) is 0 Å². The number of aromatic hydroxyl groups is 1. The first kappa shape index (κ1) is 22.1. The number of carbonyl (C=O) groups is 2. The van der Waals surface area contributed by atoms with Gasteiger partial charge in [-0.15, -0.1) is 0 Å². The monoisotopic (exact) mass is 430 g/mol. The number of phenols is 1. The lowest BCUT2D eigenvalue weighted by molar-refractivity contribution is -0.120. The van der Waals surface area contributed by atoms with E-state index in [0.29, 0.717) is 22.5 Å². The molecule has 0 saturated carbocycles. The van der Waals surface area contributed by atoms with Gasteiger partial charge in [-0.2, -0.15) is 0 Å². The fourth-order valence-electron chi connectivity index (χ4n) is 2.60. The van der Waals surface area contributed by atoms with Crippen LogP contribution in [-0.2, 0) is 9.63 Å². The standard InChI is InChI=1S/C24H22N4O4/c1-17(27-28-24(31)19-7-3-2-4-8-19)18-11-13-21(14-12-18)26-23(30)16-32-25-15-20-9-5-6-10-22(20)29/h2-15,27,29H,1,16H2,(H,26,30)(H,28,31). The Morgan fingerprint density at radius 2 is 1.59 bits per heavy atom. The van der Waals surface area contributed by atoms with Gasteiger partial charge in [-0.1, -0.05) is 54.2 Å². The SMILES string of the molecule is C=C(NNC(=O)c1ccccc1)c1ccc(NC(=O)CON=Cc2ccccc2O)cc1. The first-order valence-electron chi connectivity index (χ1n) is 9.67. The zero-order chi connectivity index (χ0) is 22.8. The van der Waals surface area contributed by atoms with Crippen LogP contribution in [0.1, 0.15) is 21.5 Å². The van der Waals surface area contributed by atoms with Gasteiger partial charge in [0.15, 0.2) is 6.61 Å². The predicted octanol–water partition coefficient (Wildman–Crippen LogP) is 3.29. The van der Waals surface area contributed by atoms with Crippen molar-refractivity contribution in [1.82, 2.24) is 10.9 Å². The average molecular weight is 430 g/mol. The van der Waals surface area contributed by atoms with Crippen molar-refractivity contribution in [3.05, 3.63) is 102 Å². The molecule has 0 saturated heterocycles. The van der Waals surface area contributed by atoms with E-state index in [4.69, 9.17) is 4.84 Å². The predicted molar refractivity (Wildman–Crippen MR) is 123 cm³/mol. The number of nitrogens with zero attached hydrogens (tertiary/aromatic N) is 1. The highest BCUT2D eigenvalue weighted by Crippen LogP contribution is 2.15. The summed E-state index contributed by atoms with van der Waals surface area (Å²) >= 11 is 0. The molecular weight excluding hydrogens is 408 g/mol. The Morgan fingerprint density at radius 1 is 0.906 bits per heavy atom. The number of oxime groups is 1. The summed E-state index contributed by atoms with van der Waals surface area (Å²) in [5, 5.41) is 16.0. The molecule has 0 heterocycles. The van der Waals surface area contributed by atoms with Crippen molar-refractivity contribution < 1.29 is 19.5 Å². The lowest BCUT2D eigenvalue weighted by atomic mass is 10.1. The van der Waals surface area contributed by atoms with Gasteiger partial charge in [0.2, 0.25) is 0 Å². The van der Waals surface area contributed by atoms with Crippen LogP contribution in [0.4, 0.5) is 5.69 Å². The minimum absolute atomic E-state index is 0.0695. The second-order valence-corrected chi connectivity index (χ2v) is 6.62. The van der Waals surface area contributed by atoms with E-state index in [9.17, 15) is 14.7 Å². The van der Waals surface area contributed by atoms with Crippen LogP contribution in [-0.4, -0.2) is 29.7 Å². The number of benzene rings is 3. The number of hydrogen-bond acceptors (Lipinski definition) is 6. The minimum atomic E-state index is -0.390. The molecule has 0 aliphatic heterocycles. The second kappa shape index (κ2) is 11.0. The molecule has 8 heteroatoms. The molecule has 0 radical (unpaired) electrons. The summed E-state index contributed by atoms with van der Waals surface area (Å²) in [4.78, 5) is 29.0. The summed E-state index contributed by atoms with van der Waals surface area (Å²) in [6.45, 7) is 3.61. The number of carbonyl (C=O) groups excluding carboxylic acids is 2. The zero-order valence-corrected chi connectivity index (χ0v) is 17.1. The topological polar surface area (TPSA) is 112 Å². The highest BCUT2D eigenvalue weighted by atomic mass is 16.6. The minimum Gasteiger partial charge on any atom is -0.507 e. The van der Waals surface area contributed by atoms with E-state index >= 15 is 0 Å². The number of amides is 2. The van der Waals surface area contributed by atoms with Crippen LogP contribution in [0.2, 0.25) is 0 Å². The Labute approximate surface area is 185 Å². The molecule has 0 atom stereocenters. The van der Waals surface area contributed by atoms with Gasteiger partial charge in [-0.25, -0.2) is 0 Å². The highest BCUT2D eigenvalue weighted by molar-refractivity contribution is 5.94. The molecule has 8 nitrogen and oxygen atoms in total. The third kappa shape index (κ3) is 6.46. The van der Waals surface area contributed by atoms with E-state index in [1.807, 2.05) is 6.07 Å². The molecule has 0 spiro atoms. The molecule has 0 aromatic heterocycles.